The van der Waals surface area contributed by atoms with Crippen LogP contribution in [0, 0.1) is 6.92 Å². The molecule has 2 rings (SSSR count). The normalized spacial score (nSPS) is 10.2. The molecule has 0 aliphatic heterocycles. The lowest BCUT2D eigenvalue weighted by Gasteiger charge is -2.09. The van der Waals surface area contributed by atoms with Crippen LogP contribution in [0.2, 0.25) is 0 Å². The molecule has 0 bridgehead atoms. The van der Waals surface area contributed by atoms with Crippen molar-refractivity contribution in [3.8, 4) is 0 Å². The van der Waals surface area contributed by atoms with Gasteiger partial charge >= 0.3 is 0 Å². The maximum Gasteiger partial charge on any atom is 0.171 e. The molecule has 0 saturated carbocycles. The average Bonchev–Trinajstić information content (AvgIpc) is 2.78. The van der Waals surface area contributed by atoms with Gasteiger partial charge in [0.15, 0.2) is 5.11 Å². The minimum atomic E-state index is 0.614. The second kappa shape index (κ2) is 6.33. The predicted molar refractivity (Wildman–Crippen MR) is 82.1 cm³/mol. The molecule has 0 aliphatic carbocycles. The molecule has 19 heavy (non-hydrogen) atoms. The van der Waals surface area contributed by atoms with E-state index in [1.807, 2.05) is 36.0 Å². The van der Waals surface area contributed by atoms with Crippen molar-refractivity contribution in [2.45, 2.75) is 26.9 Å². The topological polar surface area (TPSA) is 41.9 Å². The summed E-state index contributed by atoms with van der Waals surface area (Å²) in [5, 5.41) is 11.3. The molecule has 0 saturated heterocycles. The first-order valence-electron chi connectivity index (χ1n) is 6.32. The summed E-state index contributed by atoms with van der Waals surface area (Å²) in [7, 11) is 0. The van der Waals surface area contributed by atoms with Crippen LogP contribution >= 0.6 is 12.2 Å². The lowest BCUT2D eigenvalue weighted by Crippen LogP contribution is -2.27. The van der Waals surface area contributed by atoms with Gasteiger partial charge in [-0.05, 0) is 31.6 Å². The van der Waals surface area contributed by atoms with Crippen LogP contribution in [0.1, 0.15) is 18.2 Å². The molecule has 4 nitrogen and oxygen atoms in total. The maximum absolute atomic E-state index is 5.28. The number of hydrogen-bond donors (Lipinski definition) is 2. The van der Waals surface area contributed by atoms with Gasteiger partial charge in [-0.15, -0.1) is 0 Å². The number of anilines is 1. The minimum absolute atomic E-state index is 0.614. The summed E-state index contributed by atoms with van der Waals surface area (Å²) in [5.41, 5.74) is 3.10. The van der Waals surface area contributed by atoms with E-state index in [1.54, 1.807) is 0 Å². The molecular formula is C14H18N4S. The van der Waals surface area contributed by atoms with Crippen LogP contribution in [-0.4, -0.2) is 14.9 Å². The van der Waals surface area contributed by atoms with Crippen molar-refractivity contribution in [3.05, 3.63) is 47.8 Å². The lowest BCUT2D eigenvalue weighted by molar-refractivity contribution is 0.653. The standard InChI is InChI=1S/C14H18N4S/c1-3-18-10-13(11(2)17-18)16-14(19)15-9-12-7-5-4-6-8-12/h4-8,10H,3,9H2,1-2H3,(H2,15,16,19). The van der Waals surface area contributed by atoms with Gasteiger partial charge in [-0.2, -0.15) is 5.10 Å². The molecule has 5 heteroatoms. The average molecular weight is 274 g/mol. The van der Waals surface area contributed by atoms with Gasteiger partial charge in [0.05, 0.1) is 11.4 Å². The van der Waals surface area contributed by atoms with Gasteiger partial charge in [0.2, 0.25) is 0 Å². The number of benzene rings is 1. The monoisotopic (exact) mass is 274 g/mol. The molecule has 1 heterocycles. The van der Waals surface area contributed by atoms with Gasteiger partial charge in [-0.3, -0.25) is 4.68 Å². The Morgan fingerprint density at radius 3 is 2.68 bits per heavy atom. The van der Waals surface area contributed by atoms with E-state index in [4.69, 9.17) is 12.2 Å². The van der Waals surface area contributed by atoms with Gasteiger partial charge < -0.3 is 10.6 Å². The SMILES string of the molecule is CCn1cc(NC(=S)NCc2ccccc2)c(C)n1. The number of rotatable bonds is 4. The van der Waals surface area contributed by atoms with Crippen molar-refractivity contribution in [2.24, 2.45) is 0 Å². The second-order valence-electron chi connectivity index (χ2n) is 4.28. The van der Waals surface area contributed by atoms with E-state index in [0.29, 0.717) is 11.7 Å². The number of thiocarbonyl (C=S) groups is 1. The van der Waals surface area contributed by atoms with Crippen molar-refractivity contribution in [1.82, 2.24) is 15.1 Å². The van der Waals surface area contributed by atoms with E-state index in [0.717, 1.165) is 17.9 Å². The Kier molecular flexibility index (Phi) is 4.52. The Labute approximate surface area is 118 Å². The first-order chi connectivity index (χ1) is 9.19. The molecule has 0 atom stereocenters. The van der Waals surface area contributed by atoms with Crippen LogP contribution in [0.3, 0.4) is 0 Å². The van der Waals surface area contributed by atoms with Crippen molar-refractivity contribution < 1.29 is 0 Å². The van der Waals surface area contributed by atoms with Crippen LogP contribution in [-0.2, 0) is 13.1 Å². The Hall–Kier alpha value is -1.88. The number of aryl methyl sites for hydroxylation is 2. The van der Waals surface area contributed by atoms with Gasteiger partial charge in [-0.1, -0.05) is 30.3 Å². The highest BCUT2D eigenvalue weighted by molar-refractivity contribution is 7.80. The molecule has 1 aromatic carbocycles. The molecule has 0 spiro atoms. The summed E-state index contributed by atoms with van der Waals surface area (Å²) in [4.78, 5) is 0. The Balaban J connectivity index is 1.89. The number of nitrogens with zero attached hydrogens (tertiary/aromatic N) is 2. The second-order valence-corrected chi connectivity index (χ2v) is 4.69. The van der Waals surface area contributed by atoms with Crippen LogP contribution in [0.5, 0.6) is 0 Å². The van der Waals surface area contributed by atoms with E-state index in [2.05, 4.69) is 34.8 Å². The van der Waals surface area contributed by atoms with E-state index >= 15 is 0 Å². The molecule has 0 amide bonds. The Morgan fingerprint density at radius 1 is 1.32 bits per heavy atom. The maximum atomic E-state index is 5.28. The van der Waals surface area contributed by atoms with Gasteiger partial charge in [-0.25, -0.2) is 0 Å². The smallest absolute Gasteiger partial charge is 0.171 e. The van der Waals surface area contributed by atoms with Crippen molar-refractivity contribution in [1.29, 1.82) is 0 Å². The highest BCUT2D eigenvalue weighted by atomic mass is 32.1. The van der Waals surface area contributed by atoms with Crippen molar-refractivity contribution in [3.63, 3.8) is 0 Å². The van der Waals surface area contributed by atoms with Gasteiger partial charge in [0, 0.05) is 19.3 Å². The summed E-state index contributed by atoms with van der Waals surface area (Å²) < 4.78 is 1.89. The highest BCUT2D eigenvalue weighted by Crippen LogP contribution is 2.12. The third-order valence-electron chi connectivity index (χ3n) is 2.81. The van der Waals surface area contributed by atoms with Crippen molar-refractivity contribution >= 4 is 23.0 Å². The summed E-state index contributed by atoms with van der Waals surface area (Å²) in [6.45, 7) is 5.59. The minimum Gasteiger partial charge on any atom is -0.358 e. The molecule has 100 valence electrons. The van der Waals surface area contributed by atoms with Crippen LogP contribution < -0.4 is 10.6 Å². The zero-order valence-electron chi connectivity index (χ0n) is 11.2. The van der Waals surface area contributed by atoms with Crippen LogP contribution in [0.15, 0.2) is 36.5 Å². The summed E-state index contributed by atoms with van der Waals surface area (Å²) in [5.74, 6) is 0. The molecule has 2 aromatic rings. The lowest BCUT2D eigenvalue weighted by atomic mass is 10.2. The molecule has 0 aliphatic rings. The zero-order valence-corrected chi connectivity index (χ0v) is 12.0. The zero-order chi connectivity index (χ0) is 13.7. The fourth-order valence-corrected chi connectivity index (χ4v) is 1.93. The molecule has 0 fully saturated rings. The Morgan fingerprint density at radius 2 is 2.05 bits per heavy atom. The van der Waals surface area contributed by atoms with E-state index in [1.165, 1.54) is 5.56 Å². The first-order valence-corrected chi connectivity index (χ1v) is 6.72. The van der Waals surface area contributed by atoms with E-state index in [9.17, 15) is 0 Å². The fourth-order valence-electron chi connectivity index (χ4n) is 1.75. The largest absolute Gasteiger partial charge is 0.358 e. The van der Waals surface area contributed by atoms with Crippen LogP contribution in [0.4, 0.5) is 5.69 Å². The quantitative estimate of drug-likeness (QED) is 0.841. The Bertz CT molecular complexity index is 548. The van der Waals surface area contributed by atoms with E-state index < -0.39 is 0 Å². The van der Waals surface area contributed by atoms with Crippen molar-refractivity contribution in [2.75, 3.05) is 5.32 Å². The highest BCUT2D eigenvalue weighted by Gasteiger charge is 2.05. The molecule has 0 radical (unpaired) electrons. The first kappa shape index (κ1) is 13.5. The molecule has 2 N–H and O–H groups in total. The number of hydrogen-bond acceptors (Lipinski definition) is 2. The fraction of sp³-hybridized carbons (Fsp3) is 0.286. The summed E-state index contributed by atoms with van der Waals surface area (Å²) >= 11 is 5.28. The number of aromatic nitrogens is 2. The summed E-state index contributed by atoms with van der Waals surface area (Å²) in [6, 6.07) is 10.2. The molecular weight excluding hydrogens is 256 g/mol. The van der Waals surface area contributed by atoms with Gasteiger partial charge in [0.1, 0.15) is 0 Å². The molecule has 0 unspecified atom stereocenters. The molecule has 1 aromatic heterocycles. The van der Waals surface area contributed by atoms with Crippen LogP contribution in [0.25, 0.3) is 0 Å². The van der Waals surface area contributed by atoms with E-state index in [-0.39, 0.29) is 0 Å². The number of nitrogens with one attached hydrogen (secondary N) is 2. The third kappa shape index (κ3) is 3.79. The predicted octanol–water partition coefficient (Wildman–Crippen LogP) is 2.70. The van der Waals surface area contributed by atoms with Gasteiger partial charge in [0.25, 0.3) is 0 Å². The third-order valence-corrected chi connectivity index (χ3v) is 3.06. The summed E-state index contributed by atoms with van der Waals surface area (Å²) in [6.07, 6.45) is 1.96.